The fraction of sp³-hybridized carbons (Fsp3) is 0.778. The number of nitrogens with one attached hydrogen (secondary N) is 1. The highest BCUT2D eigenvalue weighted by molar-refractivity contribution is 5.79. The summed E-state index contributed by atoms with van der Waals surface area (Å²) in [5, 5.41) is 8.23. The molecule has 0 aromatic carbocycles. The van der Waals surface area contributed by atoms with Crippen molar-refractivity contribution in [3.8, 4) is 0 Å². The third kappa shape index (κ3) is 1.98. The van der Waals surface area contributed by atoms with Crippen LogP contribution in [-0.2, 0) is 11.8 Å². The number of nitrogens with two attached hydrogens (primary N) is 1. The Morgan fingerprint density at radius 2 is 1.78 bits per heavy atom. The minimum atomic E-state index is -0.452. The van der Waals surface area contributed by atoms with Gasteiger partial charge in [0, 0.05) is 17.5 Å². The van der Waals surface area contributed by atoms with Crippen LogP contribution < -0.4 is 11.1 Å². The van der Waals surface area contributed by atoms with Gasteiger partial charge in [-0.05, 0) is 75.5 Å². The molecule has 0 spiro atoms. The van der Waals surface area contributed by atoms with Crippen molar-refractivity contribution in [2.45, 2.75) is 63.2 Å². The standard InChI is InChI=1S/C18H26N4O/c19-17(23)22-16-14(3-1-2-4-20-16)15(21-22)18-8-11-5-12(9-18)7-13(6-11)10-18/h11-13,20H,1-10H2,(H2,19,23). The smallest absolute Gasteiger partial charge is 0.341 e. The molecule has 1 aromatic rings. The Morgan fingerprint density at radius 3 is 2.39 bits per heavy atom. The maximum atomic E-state index is 11.9. The number of carbonyl (C=O) groups excluding carboxylic acids is 1. The molecule has 1 amide bonds. The summed E-state index contributed by atoms with van der Waals surface area (Å²) in [5.41, 5.74) is 8.36. The highest BCUT2D eigenvalue weighted by atomic mass is 16.2. The van der Waals surface area contributed by atoms with Gasteiger partial charge in [-0.3, -0.25) is 0 Å². The fourth-order valence-corrected chi connectivity index (χ4v) is 6.49. The molecule has 0 unspecified atom stereocenters. The lowest BCUT2D eigenvalue weighted by Gasteiger charge is -2.56. The molecule has 4 aliphatic carbocycles. The number of aromatic nitrogens is 2. The van der Waals surface area contributed by atoms with E-state index >= 15 is 0 Å². The van der Waals surface area contributed by atoms with E-state index in [1.165, 1.54) is 60.9 Å². The maximum Gasteiger partial charge on any atom is 0.341 e. The van der Waals surface area contributed by atoms with Gasteiger partial charge in [-0.2, -0.15) is 9.78 Å². The molecule has 1 aliphatic heterocycles. The summed E-state index contributed by atoms with van der Waals surface area (Å²) in [5.74, 6) is 3.54. The maximum absolute atomic E-state index is 11.9. The minimum absolute atomic E-state index is 0.228. The average molecular weight is 314 g/mol. The van der Waals surface area contributed by atoms with Crippen LogP contribution in [0.1, 0.15) is 62.6 Å². The zero-order valence-electron chi connectivity index (χ0n) is 13.7. The third-order valence-corrected chi connectivity index (χ3v) is 6.88. The lowest BCUT2D eigenvalue weighted by atomic mass is 9.48. The summed E-state index contributed by atoms with van der Waals surface area (Å²) in [6.07, 6.45) is 11.5. The quantitative estimate of drug-likeness (QED) is 0.837. The Balaban J connectivity index is 1.64. The summed E-state index contributed by atoms with van der Waals surface area (Å²) in [7, 11) is 0. The lowest BCUT2D eigenvalue weighted by molar-refractivity contribution is -0.00773. The second-order valence-electron chi connectivity index (χ2n) is 8.51. The molecule has 0 atom stereocenters. The predicted octanol–water partition coefficient (Wildman–Crippen LogP) is 3.03. The Morgan fingerprint density at radius 1 is 1.13 bits per heavy atom. The van der Waals surface area contributed by atoms with E-state index in [1.54, 1.807) is 0 Å². The van der Waals surface area contributed by atoms with Crippen LogP contribution in [0.4, 0.5) is 10.6 Å². The van der Waals surface area contributed by atoms with E-state index in [0.717, 1.165) is 43.0 Å². The molecule has 1 aromatic heterocycles. The molecule has 6 rings (SSSR count). The highest BCUT2D eigenvalue weighted by Gasteiger charge is 2.53. The van der Waals surface area contributed by atoms with Crippen LogP contribution in [0.3, 0.4) is 0 Å². The van der Waals surface area contributed by atoms with Crippen molar-refractivity contribution >= 4 is 11.8 Å². The van der Waals surface area contributed by atoms with E-state index in [4.69, 9.17) is 10.8 Å². The van der Waals surface area contributed by atoms with Gasteiger partial charge < -0.3 is 11.1 Å². The monoisotopic (exact) mass is 314 g/mol. The first-order valence-corrected chi connectivity index (χ1v) is 9.31. The summed E-state index contributed by atoms with van der Waals surface area (Å²) >= 11 is 0. The van der Waals surface area contributed by atoms with Crippen molar-refractivity contribution in [1.82, 2.24) is 9.78 Å². The van der Waals surface area contributed by atoms with Crippen LogP contribution in [0.15, 0.2) is 0 Å². The number of amides is 1. The first kappa shape index (κ1) is 13.9. The molecular formula is C18H26N4O. The van der Waals surface area contributed by atoms with Gasteiger partial charge >= 0.3 is 6.03 Å². The van der Waals surface area contributed by atoms with Crippen LogP contribution in [0.2, 0.25) is 0 Å². The first-order chi connectivity index (χ1) is 11.1. The molecular weight excluding hydrogens is 288 g/mol. The number of nitrogens with zero attached hydrogens (tertiary/aromatic N) is 2. The summed E-state index contributed by atoms with van der Waals surface area (Å²) in [6, 6.07) is -0.452. The molecule has 124 valence electrons. The molecule has 3 N–H and O–H groups in total. The molecule has 5 aliphatic rings. The molecule has 4 saturated carbocycles. The molecule has 0 saturated heterocycles. The van der Waals surface area contributed by atoms with Crippen molar-refractivity contribution in [2.75, 3.05) is 11.9 Å². The molecule has 0 radical (unpaired) electrons. The van der Waals surface area contributed by atoms with E-state index in [-0.39, 0.29) is 5.41 Å². The van der Waals surface area contributed by atoms with Crippen molar-refractivity contribution in [1.29, 1.82) is 0 Å². The normalized spacial score (nSPS) is 38.0. The van der Waals surface area contributed by atoms with E-state index in [9.17, 15) is 4.79 Å². The Bertz CT molecular complexity index is 627. The van der Waals surface area contributed by atoms with Gasteiger partial charge in [0.05, 0.1) is 5.69 Å². The largest absolute Gasteiger partial charge is 0.370 e. The number of hydrogen-bond acceptors (Lipinski definition) is 3. The number of hydrogen-bond donors (Lipinski definition) is 2. The van der Waals surface area contributed by atoms with Crippen LogP contribution >= 0.6 is 0 Å². The van der Waals surface area contributed by atoms with Gasteiger partial charge in [0.1, 0.15) is 5.82 Å². The highest BCUT2D eigenvalue weighted by Crippen LogP contribution is 2.61. The van der Waals surface area contributed by atoms with E-state index in [1.807, 2.05) is 0 Å². The van der Waals surface area contributed by atoms with E-state index in [0.29, 0.717) is 0 Å². The Kier molecular flexibility index (Phi) is 2.86. The van der Waals surface area contributed by atoms with Gasteiger partial charge in [0.15, 0.2) is 0 Å². The van der Waals surface area contributed by atoms with Crippen LogP contribution in [-0.4, -0.2) is 22.4 Å². The summed E-state index contributed by atoms with van der Waals surface area (Å²) in [4.78, 5) is 11.9. The molecule has 5 heteroatoms. The van der Waals surface area contributed by atoms with Gasteiger partial charge in [0.2, 0.25) is 0 Å². The van der Waals surface area contributed by atoms with Gasteiger partial charge in [-0.15, -0.1) is 0 Å². The zero-order valence-corrected chi connectivity index (χ0v) is 13.7. The predicted molar refractivity (Wildman–Crippen MR) is 88.5 cm³/mol. The topological polar surface area (TPSA) is 72.9 Å². The average Bonchev–Trinajstić information content (AvgIpc) is 2.70. The van der Waals surface area contributed by atoms with Crippen LogP contribution in [0, 0.1) is 17.8 Å². The summed E-state index contributed by atoms with van der Waals surface area (Å²) in [6.45, 7) is 0.909. The van der Waals surface area contributed by atoms with Gasteiger partial charge in [-0.25, -0.2) is 4.79 Å². The molecule has 2 heterocycles. The number of carbonyl (C=O) groups is 1. The lowest BCUT2D eigenvalue weighted by Crippen LogP contribution is -2.49. The molecule has 23 heavy (non-hydrogen) atoms. The SMILES string of the molecule is NC(=O)n1nc(C23CC4CC(CC(C4)C2)C3)c2c1NCCCC2. The number of anilines is 1. The molecule has 5 nitrogen and oxygen atoms in total. The van der Waals surface area contributed by atoms with E-state index < -0.39 is 6.03 Å². The van der Waals surface area contributed by atoms with Crippen molar-refractivity contribution in [3.05, 3.63) is 11.3 Å². The van der Waals surface area contributed by atoms with Gasteiger partial charge in [-0.1, -0.05) is 0 Å². The van der Waals surface area contributed by atoms with Crippen molar-refractivity contribution < 1.29 is 4.79 Å². The Hall–Kier alpha value is -1.52. The van der Waals surface area contributed by atoms with Crippen LogP contribution in [0.25, 0.3) is 0 Å². The number of primary amides is 1. The number of rotatable bonds is 1. The second-order valence-corrected chi connectivity index (χ2v) is 8.51. The first-order valence-electron chi connectivity index (χ1n) is 9.31. The second kappa shape index (κ2) is 4.74. The minimum Gasteiger partial charge on any atom is -0.370 e. The fourth-order valence-electron chi connectivity index (χ4n) is 6.49. The third-order valence-electron chi connectivity index (χ3n) is 6.88. The van der Waals surface area contributed by atoms with Crippen molar-refractivity contribution in [3.63, 3.8) is 0 Å². The molecule has 4 bridgehead atoms. The number of fused-ring (bicyclic) bond motifs is 1. The van der Waals surface area contributed by atoms with Gasteiger partial charge in [0.25, 0.3) is 0 Å². The van der Waals surface area contributed by atoms with Crippen molar-refractivity contribution in [2.24, 2.45) is 23.5 Å². The Labute approximate surface area is 137 Å². The summed E-state index contributed by atoms with van der Waals surface area (Å²) < 4.78 is 1.45. The van der Waals surface area contributed by atoms with Crippen LogP contribution in [0.5, 0.6) is 0 Å². The zero-order chi connectivity index (χ0) is 15.6. The van der Waals surface area contributed by atoms with E-state index in [2.05, 4.69) is 5.32 Å². The molecule has 4 fully saturated rings.